The first-order valence-electron chi connectivity index (χ1n) is 5.88. The second-order valence-corrected chi connectivity index (χ2v) is 6.97. The predicted molar refractivity (Wildman–Crippen MR) is 64.2 cm³/mol. The number of amides is 1. The minimum Gasteiger partial charge on any atom is -0.358 e. The zero-order valence-corrected chi connectivity index (χ0v) is 10.7. The van der Waals surface area contributed by atoms with Crippen LogP contribution >= 0.6 is 0 Å². The van der Waals surface area contributed by atoms with E-state index in [-0.39, 0.29) is 35.5 Å². The highest BCUT2D eigenvalue weighted by Gasteiger charge is 2.44. The molecular weight excluding hydrogens is 242 g/mol. The number of sulfone groups is 1. The minimum absolute atomic E-state index is 0.0363. The lowest BCUT2D eigenvalue weighted by Gasteiger charge is -2.30. The summed E-state index contributed by atoms with van der Waals surface area (Å²) in [6, 6.07) is -0.792. The predicted octanol–water partition coefficient (Wildman–Crippen LogP) is -1.68. The van der Waals surface area contributed by atoms with Crippen molar-refractivity contribution in [2.75, 3.05) is 25.1 Å². The molecule has 1 amide bonds. The van der Waals surface area contributed by atoms with Crippen molar-refractivity contribution in [2.45, 2.75) is 31.0 Å². The lowest BCUT2D eigenvalue weighted by atomic mass is 10.1. The molecule has 98 valence electrons. The highest BCUT2D eigenvalue weighted by Crippen LogP contribution is 2.26. The van der Waals surface area contributed by atoms with Gasteiger partial charge >= 0.3 is 0 Å². The second-order valence-electron chi connectivity index (χ2n) is 4.82. The van der Waals surface area contributed by atoms with E-state index in [1.54, 1.807) is 7.05 Å². The van der Waals surface area contributed by atoms with Gasteiger partial charge in [0.25, 0.3) is 0 Å². The Hall–Kier alpha value is -0.660. The molecule has 3 N–H and O–H groups in total. The van der Waals surface area contributed by atoms with Crippen LogP contribution in [0.5, 0.6) is 0 Å². The lowest BCUT2D eigenvalue weighted by Crippen LogP contribution is -2.53. The van der Waals surface area contributed by atoms with Gasteiger partial charge in [0.2, 0.25) is 5.91 Å². The molecule has 0 bridgehead atoms. The first kappa shape index (κ1) is 12.8. The van der Waals surface area contributed by atoms with Crippen molar-refractivity contribution in [1.29, 1.82) is 0 Å². The molecule has 2 rings (SSSR count). The Morgan fingerprint density at radius 3 is 2.65 bits per heavy atom. The minimum atomic E-state index is -3.04. The molecule has 0 saturated carbocycles. The summed E-state index contributed by atoms with van der Waals surface area (Å²) in [6.45, 7) is 0.756. The summed E-state index contributed by atoms with van der Waals surface area (Å²) in [7, 11) is -1.43. The molecule has 2 heterocycles. The van der Waals surface area contributed by atoms with Gasteiger partial charge < -0.3 is 11.1 Å². The van der Waals surface area contributed by atoms with Gasteiger partial charge in [-0.2, -0.15) is 0 Å². The summed E-state index contributed by atoms with van der Waals surface area (Å²) in [6.07, 6.45) is 1.70. The van der Waals surface area contributed by atoms with Crippen LogP contribution in [0.3, 0.4) is 0 Å². The van der Waals surface area contributed by atoms with E-state index in [0.29, 0.717) is 0 Å². The molecule has 0 aliphatic carbocycles. The number of nitrogens with one attached hydrogen (secondary N) is 1. The molecule has 2 saturated heterocycles. The van der Waals surface area contributed by atoms with Gasteiger partial charge in [0.05, 0.1) is 17.5 Å². The molecule has 0 aromatic carbocycles. The molecule has 17 heavy (non-hydrogen) atoms. The van der Waals surface area contributed by atoms with E-state index in [4.69, 9.17) is 5.73 Å². The first-order chi connectivity index (χ1) is 7.94. The average Bonchev–Trinajstić information content (AvgIpc) is 2.81. The molecule has 2 aliphatic rings. The monoisotopic (exact) mass is 261 g/mol. The highest BCUT2D eigenvalue weighted by atomic mass is 32.2. The van der Waals surface area contributed by atoms with Crippen LogP contribution in [0, 0.1) is 0 Å². The Labute approximate surface area is 101 Å². The molecule has 2 fully saturated rings. The molecule has 0 aromatic rings. The molecule has 0 spiro atoms. The van der Waals surface area contributed by atoms with Crippen LogP contribution in [0.15, 0.2) is 0 Å². The fourth-order valence-electron chi connectivity index (χ4n) is 2.83. The van der Waals surface area contributed by atoms with Gasteiger partial charge in [-0.05, 0) is 19.4 Å². The third-order valence-corrected chi connectivity index (χ3v) is 5.38. The molecule has 0 radical (unpaired) electrons. The quantitative estimate of drug-likeness (QED) is 0.619. The Kier molecular flexibility index (Phi) is 3.42. The van der Waals surface area contributed by atoms with E-state index in [9.17, 15) is 13.2 Å². The molecule has 0 aromatic heterocycles. The maximum absolute atomic E-state index is 11.7. The van der Waals surface area contributed by atoms with Crippen LogP contribution in [0.25, 0.3) is 0 Å². The third kappa shape index (κ3) is 2.46. The standard InChI is InChI=1S/C10H19N3O3S/c1-12-10(14)8-3-2-4-13(8)9-6-17(15,16)5-7(9)11/h7-9H,2-6,11H2,1H3,(H,12,14). The molecule has 3 unspecified atom stereocenters. The number of likely N-dealkylation sites (tertiary alicyclic amines) is 1. The molecule has 3 atom stereocenters. The first-order valence-corrected chi connectivity index (χ1v) is 7.70. The van der Waals surface area contributed by atoms with Gasteiger partial charge in [0, 0.05) is 19.1 Å². The average molecular weight is 261 g/mol. The maximum atomic E-state index is 11.7. The van der Waals surface area contributed by atoms with E-state index >= 15 is 0 Å². The number of carbonyl (C=O) groups is 1. The van der Waals surface area contributed by atoms with Crippen LogP contribution in [0.4, 0.5) is 0 Å². The molecule has 6 nitrogen and oxygen atoms in total. The van der Waals surface area contributed by atoms with Gasteiger partial charge in [-0.15, -0.1) is 0 Å². The summed E-state index contributed by atoms with van der Waals surface area (Å²) in [5, 5.41) is 2.63. The van der Waals surface area contributed by atoms with Crippen LogP contribution in [-0.2, 0) is 14.6 Å². The fourth-order valence-corrected chi connectivity index (χ4v) is 4.74. The fraction of sp³-hybridized carbons (Fsp3) is 0.900. The smallest absolute Gasteiger partial charge is 0.237 e. The van der Waals surface area contributed by atoms with Crippen molar-refractivity contribution < 1.29 is 13.2 Å². The van der Waals surface area contributed by atoms with E-state index in [1.807, 2.05) is 4.90 Å². The summed E-state index contributed by atoms with van der Waals surface area (Å²) >= 11 is 0. The summed E-state index contributed by atoms with van der Waals surface area (Å²) < 4.78 is 23.1. The van der Waals surface area contributed by atoms with Gasteiger partial charge in [-0.25, -0.2) is 8.42 Å². The Bertz CT molecular complexity index is 409. The van der Waals surface area contributed by atoms with E-state index in [2.05, 4.69) is 5.32 Å². The number of carbonyl (C=O) groups excluding carboxylic acids is 1. The number of nitrogens with two attached hydrogens (primary N) is 1. The molecule has 2 aliphatic heterocycles. The van der Waals surface area contributed by atoms with E-state index in [1.165, 1.54) is 0 Å². The normalized spacial score (nSPS) is 37.2. The van der Waals surface area contributed by atoms with E-state index < -0.39 is 9.84 Å². The zero-order chi connectivity index (χ0) is 12.6. The van der Waals surface area contributed by atoms with Crippen molar-refractivity contribution in [1.82, 2.24) is 10.2 Å². The zero-order valence-electron chi connectivity index (χ0n) is 9.93. The Balaban J connectivity index is 2.14. The van der Waals surface area contributed by atoms with Crippen LogP contribution in [0.1, 0.15) is 12.8 Å². The molecular formula is C10H19N3O3S. The van der Waals surface area contributed by atoms with Gasteiger partial charge in [0.15, 0.2) is 9.84 Å². The van der Waals surface area contributed by atoms with Crippen molar-refractivity contribution in [2.24, 2.45) is 5.73 Å². The largest absolute Gasteiger partial charge is 0.358 e. The topological polar surface area (TPSA) is 92.5 Å². The second kappa shape index (κ2) is 4.55. The highest BCUT2D eigenvalue weighted by molar-refractivity contribution is 7.91. The van der Waals surface area contributed by atoms with Crippen LogP contribution in [0.2, 0.25) is 0 Å². The lowest BCUT2D eigenvalue weighted by molar-refractivity contribution is -0.125. The number of nitrogens with zero attached hydrogens (tertiary/aromatic N) is 1. The van der Waals surface area contributed by atoms with Gasteiger partial charge in [-0.1, -0.05) is 0 Å². The summed E-state index contributed by atoms with van der Waals surface area (Å²) in [5.74, 6) is 0.0787. The van der Waals surface area contributed by atoms with Gasteiger partial charge in [0.1, 0.15) is 0 Å². The number of likely N-dealkylation sites (N-methyl/N-ethyl adjacent to an activating group) is 1. The number of hydrogen-bond donors (Lipinski definition) is 2. The van der Waals surface area contributed by atoms with Crippen molar-refractivity contribution in [3.63, 3.8) is 0 Å². The number of hydrogen-bond acceptors (Lipinski definition) is 5. The number of rotatable bonds is 2. The van der Waals surface area contributed by atoms with Gasteiger partial charge in [-0.3, -0.25) is 9.69 Å². The van der Waals surface area contributed by atoms with Crippen molar-refractivity contribution in [3.05, 3.63) is 0 Å². The Morgan fingerprint density at radius 2 is 2.12 bits per heavy atom. The van der Waals surface area contributed by atoms with Crippen LogP contribution in [-0.4, -0.2) is 62.4 Å². The third-order valence-electron chi connectivity index (χ3n) is 3.63. The van der Waals surface area contributed by atoms with Crippen LogP contribution < -0.4 is 11.1 Å². The van der Waals surface area contributed by atoms with Crippen molar-refractivity contribution >= 4 is 15.7 Å². The SMILES string of the molecule is CNC(=O)C1CCCN1C1CS(=O)(=O)CC1N. The summed E-state index contributed by atoms with van der Waals surface area (Å²) in [4.78, 5) is 13.7. The van der Waals surface area contributed by atoms with Crippen molar-refractivity contribution in [3.8, 4) is 0 Å². The summed E-state index contributed by atoms with van der Waals surface area (Å²) in [5.41, 5.74) is 5.89. The maximum Gasteiger partial charge on any atom is 0.237 e. The molecule has 7 heteroatoms. The van der Waals surface area contributed by atoms with E-state index in [0.717, 1.165) is 19.4 Å². The Morgan fingerprint density at radius 1 is 1.41 bits per heavy atom.